The van der Waals surface area contributed by atoms with Crippen molar-refractivity contribution in [3.05, 3.63) is 18.4 Å². The minimum Gasteiger partial charge on any atom is -0.378 e. The number of rotatable bonds is 3. The lowest BCUT2D eigenvalue weighted by atomic mass is 10.4. The largest absolute Gasteiger partial charge is 0.378 e. The lowest BCUT2D eigenvalue weighted by Crippen LogP contribution is -2.36. The molecule has 0 N–H and O–H groups in total. The maximum atomic E-state index is 5.33. The monoisotopic (exact) mass is 261 g/mol. The molecule has 1 saturated carbocycles. The summed E-state index contributed by atoms with van der Waals surface area (Å²) in [7, 11) is 0. The van der Waals surface area contributed by atoms with E-state index in [-0.39, 0.29) is 0 Å². The molecule has 1 saturated heterocycles. The molecule has 0 radical (unpaired) electrons. The van der Waals surface area contributed by atoms with Crippen LogP contribution >= 0.6 is 0 Å². The first-order chi connectivity index (χ1) is 9.40. The highest BCUT2D eigenvalue weighted by atomic mass is 16.5. The van der Waals surface area contributed by atoms with Crippen molar-refractivity contribution in [1.82, 2.24) is 19.7 Å². The van der Waals surface area contributed by atoms with E-state index >= 15 is 0 Å². The highest BCUT2D eigenvalue weighted by molar-refractivity contribution is 5.38. The first-order valence-electron chi connectivity index (χ1n) is 6.61. The Balaban J connectivity index is 1.55. The van der Waals surface area contributed by atoms with Crippen molar-refractivity contribution in [3.63, 3.8) is 0 Å². The average Bonchev–Trinajstić information content (AvgIpc) is 3.01. The molecule has 0 bridgehead atoms. The van der Waals surface area contributed by atoms with E-state index in [4.69, 9.17) is 9.26 Å². The van der Waals surface area contributed by atoms with E-state index in [9.17, 15) is 0 Å². The van der Waals surface area contributed by atoms with Gasteiger partial charge in [-0.05, 0) is 18.0 Å². The molecule has 3 heterocycles. The second-order valence-corrected chi connectivity index (χ2v) is 4.95. The number of hydrogen-bond donors (Lipinski definition) is 0. The smallest absolute Gasteiger partial charge is 0.275 e. The van der Waals surface area contributed by atoms with Crippen LogP contribution < -0.4 is 4.90 Å². The Labute approximate surface area is 110 Å². The molecule has 1 aliphatic carbocycles. The normalized spacial score (nSPS) is 19.9. The summed E-state index contributed by atoms with van der Waals surface area (Å²) in [6, 6.07) is 0. The molecule has 2 aromatic heterocycles. The molecule has 4 rings (SSSR count). The Bertz CT molecular complexity index is 568. The molecular weight excluding hydrogens is 246 g/mol. The summed E-state index contributed by atoms with van der Waals surface area (Å²) in [5.41, 5.74) is 0. The number of imidazole rings is 1. The van der Waals surface area contributed by atoms with Gasteiger partial charge in [-0.1, -0.05) is 0 Å². The summed E-state index contributed by atoms with van der Waals surface area (Å²) in [4.78, 5) is 11.0. The second-order valence-electron chi connectivity index (χ2n) is 4.95. The third kappa shape index (κ3) is 2.10. The molecule has 1 aliphatic heterocycles. The van der Waals surface area contributed by atoms with E-state index in [0.717, 1.165) is 50.9 Å². The van der Waals surface area contributed by atoms with Crippen LogP contribution in [-0.4, -0.2) is 46.0 Å². The van der Waals surface area contributed by atoms with Gasteiger partial charge in [0.25, 0.3) is 5.95 Å². The van der Waals surface area contributed by atoms with Crippen molar-refractivity contribution in [2.75, 3.05) is 31.2 Å². The predicted octanol–water partition coefficient (Wildman–Crippen LogP) is 0.969. The Morgan fingerprint density at radius 1 is 1.21 bits per heavy atom. The molecule has 0 amide bonds. The molecule has 100 valence electrons. The molecule has 0 unspecified atom stereocenters. The zero-order valence-corrected chi connectivity index (χ0v) is 10.5. The molecule has 2 aromatic rings. The Morgan fingerprint density at radius 3 is 2.84 bits per heavy atom. The maximum absolute atomic E-state index is 5.33. The van der Waals surface area contributed by atoms with Crippen LogP contribution in [0.15, 0.2) is 17.0 Å². The van der Waals surface area contributed by atoms with Crippen LogP contribution in [0, 0.1) is 0 Å². The molecule has 0 atom stereocenters. The van der Waals surface area contributed by atoms with Gasteiger partial charge in [-0.15, -0.1) is 0 Å². The van der Waals surface area contributed by atoms with Crippen LogP contribution in [-0.2, 0) is 4.74 Å². The highest BCUT2D eigenvalue weighted by Crippen LogP contribution is 2.39. The van der Waals surface area contributed by atoms with E-state index in [1.54, 1.807) is 10.9 Å². The van der Waals surface area contributed by atoms with Gasteiger partial charge in [-0.3, -0.25) is 4.57 Å². The van der Waals surface area contributed by atoms with Crippen LogP contribution in [0.4, 0.5) is 5.82 Å². The topological polar surface area (TPSA) is 69.2 Å². The third-order valence-electron chi connectivity index (χ3n) is 3.49. The molecule has 19 heavy (non-hydrogen) atoms. The zero-order chi connectivity index (χ0) is 12.7. The number of nitrogens with zero attached hydrogens (tertiary/aromatic N) is 5. The van der Waals surface area contributed by atoms with Crippen LogP contribution in [0.3, 0.4) is 0 Å². The first kappa shape index (κ1) is 11.0. The van der Waals surface area contributed by atoms with Crippen LogP contribution in [0.2, 0.25) is 0 Å². The fraction of sp³-hybridized carbons (Fsp3) is 0.583. The Morgan fingerprint density at radius 2 is 2.05 bits per heavy atom. The van der Waals surface area contributed by atoms with Gasteiger partial charge in [0.1, 0.15) is 12.1 Å². The van der Waals surface area contributed by atoms with Crippen LogP contribution in [0.25, 0.3) is 5.95 Å². The SMILES string of the molecule is c1nc(N2CCOCC2)cn1-c1noc(C2CC2)n1. The van der Waals surface area contributed by atoms with E-state index in [1.165, 1.54) is 0 Å². The van der Waals surface area contributed by atoms with E-state index in [0.29, 0.717) is 11.9 Å². The molecular formula is C12H15N5O2. The average molecular weight is 261 g/mol. The molecule has 0 spiro atoms. The van der Waals surface area contributed by atoms with Crippen molar-refractivity contribution < 1.29 is 9.26 Å². The van der Waals surface area contributed by atoms with Gasteiger partial charge in [0.15, 0.2) is 0 Å². The highest BCUT2D eigenvalue weighted by Gasteiger charge is 2.30. The van der Waals surface area contributed by atoms with Crippen molar-refractivity contribution in [2.45, 2.75) is 18.8 Å². The van der Waals surface area contributed by atoms with Crippen molar-refractivity contribution in [2.24, 2.45) is 0 Å². The molecule has 7 heteroatoms. The number of morpholine rings is 1. The van der Waals surface area contributed by atoms with E-state index < -0.39 is 0 Å². The maximum Gasteiger partial charge on any atom is 0.275 e. The number of anilines is 1. The fourth-order valence-electron chi connectivity index (χ4n) is 2.21. The third-order valence-corrected chi connectivity index (χ3v) is 3.49. The van der Waals surface area contributed by atoms with Crippen LogP contribution in [0.1, 0.15) is 24.7 Å². The minimum absolute atomic E-state index is 0.475. The second kappa shape index (κ2) is 4.34. The summed E-state index contributed by atoms with van der Waals surface area (Å²) >= 11 is 0. The van der Waals surface area contributed by atoms with Gasteiger partial charge in [0.2, 0.25) is 5.89 Å². The summed E-state index contributed by atoms with van der Waals surface area (Å²) in [5, 5.41) is 4.00. The van der Waals surface area contributed by atoms with Gasteiger partial charge in [0.05, 0.1) is 19.4 Å². The van der Waals surface area contributed by atoms with Gasteiger partial charge < -0.3 is 14.2 Å². The Hall–Kier alpha value is -1.89. The predicted molar refractivity (Wildman–Crippen MR) is 66.4 cm³/mol. The van der Waals surface area contributed by atoms with Crippen molar-refractivity contribution >= 4 is 5.82 Å². The fourth-order valence-corrected chi connectivity index (χ4v) is 2.21. The van der Waals surface area contributed by atoms with Gasteiger partial charge in [-0.2, -0.15) is 4.98 Å². The Kier molecular flexibility index (Phi) is 2.51. The summed E-state index contributed by atoms with van der Waals surface area (Å²) in [6.45, 7) is 3.24. The lowest BCUT2D eigenvalue weighted by molar-refractivity contribution is 0.122. The van der Waals surface area contributed by atoms with E-state index in [1.807, 2.05) is 6.20 Å². The summed E-state index contributed by atoms with van der Waals surface area (Å²) in [6.07, 6.45) is 5.98. The van der Waals surface area contributed by atoms with Gasteiger partial charge >= 0.3 is 0 Å². The van der Waals surface area contributed by atoms with Gasteiger partial charge in [0, 0.05) is 19.0 Å². The number of hydrogen-bond acceptors (Lipinski definition) is 6. The van der Waals surface area contributed by atoms with Crippen molar-refractivity contribution in [3.8, 4) is 5.95 Å². The molecule has 2 aliphatic rings. The first-order valence-corrected chi connectivity index (χ1v) is 6.61. The van der Waals surface area contributed by atoms with Crippen molar-refractivity contribution in [1.29, 1.82) is 0 Å². The van der Waals surface area contributed by atoms with Crippen LogP contribution in [0.5, 0.6) is 0 Å². The molecule has 7 nitrogen and oxygen atoms in total. The summed E-state index contributed by atoms with van der Waals surface area (Å²) < 4.78 is 12.4. The lowest BCUT2D eigenvalue weighted by Gasteiger charge is -2.26. The molecule has 0 aromatic carbocycles. The number of aromatic nitrogens is 4. The quantitative estimate of drug-likeness (QED) is 0.820. The van der Waals surface area contributed by atoms with Gasteiger partial charge in [-0.25, -0.2) is 4.98 Å². The number of ether oxygens (including phenoxy) is 1. The molecule has 2 fully saturated rings. The minimum atomic E-state index is 0.475. The van der Waals surface area contributed by atoms with E-state index in [2.05, 4.69) is 20.0 Å². The summed E-state index contributed by atoms with van der Waals surface area (Å²) in [5.74, 6) is 2.72. The standard InChI is InChI=1S/C12H15N5O2/c1-2-9(1)11-14-12(15-19-11)17-7-10(13-8-17)16-3-5-18-6-4-16/h7-9H,1-6H2. The zero-order valence-electron chi connectivity index (χ0n) is 10.5.